The zero-order valence-corrected chi connectivity index (χ0v) is 24.1. The third-order valence-electron chi connectivity index (χ3n) is 6.00. The second kappa shape index (κ2) is 13.0. The van der Waals surface area contributed by atoms with E-state index in [1.165, 1.54) is 36.4 Å². The molecule has 0 radical (unpaired) electrons. The molecule has 0 saturated carbocycles. The lowest BCUT2D eigenvalue weighted by Crippen LogP contribution is -2.47. The second-order valence-corrected chi connectivity index (χ2v) is 13.5. The molecular weight excluding hydrogens is 556 g/mol. The number of Topliss-reactive ketones (excluding diaryl/α,β-unsaturated/α-hetero) is 1. The monoisotopic (exact) mass is 587 g/mol. The van der Waals surface area contributed by atoms with Crippen LogP contribution in [0.5, 0.6) is 0 Å². The van der Waals surface area contributed by atoms with Gasteiger partial charge in [0, 0.05) is 16.1 Å². The highest BCUT2D eigenvalue weighted by Crippen LogP contribution is 2.67. The molecule has 1 N–H and O–H groups in total. The number of fused-ring (bicyclic) bond motifs is 1. The first-order chi connectivity index (χ1) is 17.6. The van der Waals surface area contributed by atoms with Gasteiger partial charge in [-0.1, -0.05) is 87.0 Å². The maximum Gasteiger partial charge on any atom is 0.360 e. The predicted octanol–water partition coefficient (Wildman–Crippen LogP) is 7.40. The lowest BCUT2D eigenvalue weighted by Gasteiger charge is -2.40. The summed E-state index contributed by atoms with van der Waals surface area (Å²) in [6.07, 6.45) is 5.81. The number of allylic oxidation sites excluding steroid dienone is 1. The molecule has 37 heavy (non-hydrogen) atoms. The molecule has 2 aromatic rings. The van der Waals surface area contributed by atoms with Crippen LogP contribution >= 0.6 is 30.8 Å². The van der Waals surface area contributed by atoms with Crippen LogP contribution in [0.15, 0.2) is 64.5 Å². The quantitative estimate of drug-likeness (QED) is 0.182. The van der Waals surface area contributed by atoms with Crippen molar-refractivity contribution in [2.24, 2.45) is 0 Å². The molecule has 1 atom stereocenters. The van der Waals surface area contributed by atoms with E-state index in [4.69, 9.17) is 32.2 Å². The summed E-state index contributed by atoms with van der Waals surface area (Å²) in [5.41, 5.74) is 0.264. The van der Waals surface area contributed by atoms with E-state index in [-0.39, 0.29) is 34.3 Å². The highest BCUT2D eigenvalue weighted by Gasteiger charge is 2.57. The predicted molar refractivity (Wildman–Crippen MR) is 147 cm³/mol. The molecule has 1 unspecified atom stereocenters. The Balaban J connectivity index is 2.21. The summed E-state index contributed by atoms with van der Waals surface area (Å²) in [6.45, 7) is 4.19. The zero-order valence-electron chi connectivity index (χ0n) is 20.9. The molecular formula is C26H32Cl2NO6PS. The zero-order chi connectivity index (χ0) is 27.1. The Morgan fingerprint density at radius 1 is 0.892 bits per heavy atom. The molecule has 0 aromatic heterocycles. The molecule has 0 heterocycles. The summed E-state index contributed by atoms with van der Waals surface area (Å²) in [6, 6.07) is 11.8. The normalized spacial score (nSPS) is 17.9. The second-order valence-electron chi connectivity index (χ2n) is 8.77. The van der Waals surface area contributed by atoms with E-state index < -0.39 is 28.7 Å². The largest absolute Gasteiger partial charge is 0.360 e. The molecule has 0 aliphatic heterocycles. The number of rotatable bonds is 14. The average Bonchev–Trinajstić information content (AvgIpc) is 2.88. The number of carbonyl (C=O) groups excluding carboxylic acids is 1. The first-order valence-electron chi connectivity index (χ1n) is 12.3. The number of benzene rings is 2. The molecule has 3 rings (SSSR count). The number of hydrogen-bond acceptors (Lipinski definition) is 6. The highest BCUT2D eigenvalue weighted by molar-refractivity contribution is 7.90. The van der Waals surface area contributed by atoms with Crippen molar-refractivity contribution in [1.82, 2.24) is 4.72 Å². The minimum absolute atomic E-state index is 0.0743. The van der Waals surface area contributed by atoms with Crippen LogP contribution in [-0.4, -0.2) is 27.4 Å². The molecule has 0 bridgehead atoms. The van der Waals surface area contributed by atoms with Gasteiger partial charge < -0.3 is 9.05 Å². The Morgan fingerprint density at radius 2 is 1.46 bits per heavy atom. The Hall–Kier alpha value is -1.51. The van der Waals surface area contributed by atoms with Crippen LogP contribution in [0.1, 0.15) is 68.3 Å². The minimum Gasteiger partial charge on any atom is -0.307 e. The fourth-order valence-corrected chi connectivity index (χ4v) is 8.49. The van der Waals surface area contributed by atoms with Crippen LogP contribution in [0.4, 0.5) is 0 Å². The molecule has 11 heteroatoms. The van der Waals surface area contributed by atoms with Gasteiger partial charge in [-0.3, -0.25) is 9.36 Å². The van der Waals surface area contributed by atoms with E-state index in [0.29, 0.717) is 17.9 Å². The number of carbonyl (C=O) groups is 1. The number of sulfonamides is 1. The Kier molecular flexibility index (Phi) is 10.6. The topological polar surface area (TPSA) is 98.8 Å². The van der Waals surface area contributed by atoms with Crippen molar-refractivity contribution in [3.63, 3.8) is 0 Å². The SMILES string of the molecule is CCCCCOP(=O)(OCCCCC)C1(NS(=O)(=O)c2ccc(Cl)cc2)C=C(Cl)C(=O)c2ccccc21. The van der Waals surface area contributed by atoms with E-state index in [1.807, 2.05) is 13.8 Å². The molecule has 1 aliphatic carbocycles. The van der Waals surface area contributed by atoms with Crippen molar-refractivity contribution in [3.05, 3.63) is 75.8 Å². The first-order valence-corrected chi connectivity index (χ1v) is 16.1. The van der Waals surface area contributed by atoms with Crippen LogP contribution in [0, 0.1) is 0 Å². The van der Waals surface area contributed by atoms with Gasteiger partial charge in [-0.25, -0.2) is 8.42 Å². The van der Waals surface area contributed by atoms with Gasteiger partial charge in [-0.05, 0) is 43.2 Å². The summed E-state index contributed by atoms with van der Waals surface area (Å²) in [4.78, 5) is 12.8. The maximum atomic E-state index is 14.8. The Morgan fingerprint density at radius 3 is 2.03 bits per heavy atom. The van der Waals surface area contributed by atoms with Crippen molar-refractivity contribution in [2.75, 3.05) is 13.2 Å². The fraction of sp³-hybridized carbons (Fsp3) is 0.423. The van der Waals surface area contributed by atoms with Gasteiger partial charge in [0.2, 0.25) is 15.8 Å². The molecule has 202 valence electrons. The first kappa shape index (κ1) is 30.0. The van der Waals surface area contributed by atoms with Crippen LogP contribution in [0.2, 0.25) is 5.02 Å². The summed E-state index contributed by atoms with van der Waals surface area (Å²) < 4.78 is 56.6. The summed E-state index contributed by atoms with van der Waals surface area (Å²) in [5.74, 6) is -0.512. The van der Waals surface area contributed by atoms with Gasteiger partial charge in [0.15, 0.2) is 5.28 Å². The Bertz CT molecular complexity index is 1270. The van der Waals surface area contributed by atoms with E-state index in [1.54, 1.807) is 12.1 Å². The van der Waals surface area contributed by atoms with Gasteiger partial charge >= 0.3 is 7.60 Å². The molecule has 2 aromatic carbocycles. The van der Waals surface area contributed by atoms with E-state index in [2.05, 4.69) is 4.72 Å². The summed E-state index contributed by atoms with van der Waals surface area (Å²) in [5, 5.41) is -2.01. The molecule has 1 aliphatic rings. The van der Waals surface area contributed by atoms with Crippen LogP contribution in [-0.2, 0) is 28.9 Å². The van der Waals surface area contributed by atoms with Gasteiger partial charge in [0.05, 0.1) is 23.1 Å². The van der Waals surface area contributed by atoms with Crippen molar-refractivity contribution in [1.29, 1.82) is 0 Å². The van der Waals surface area contributed by atoms with Gasteiger partial charge in [-0.2, -0.15) is 4.72 Å². The highest BCUT2D eigenvalue weighted by atomic mass is 35.5. The van der Waals surface area contributed by atoms with E-state index in [9.17, 15) is 17.8 Å². The molecule has 0 spiro atoms. The van der Waals surface area contributed by atoms with Crippen LogP contribution < -0.4 is 4.72 Å². The maximum absolute atomic E-state index is 14.8. The lowest BCUT2D eigenvalue weighted by molar-refractivity contribution is 0.103. The average molecular weight is 588 g/mol. The number of nitrogens with one attached hydrogen (secondary N) is 1. The third kappa shape index (κ3) is 6.74. The van der Waals surface area contributed by atoms with Gasteiger partial charge in [0.25, 0.3) is 0 Å². The van der Waals surface area contributed by atoms with Crippen molar-refractivity contribution in [3.8, 4) is 0 Å². The fourth-order valence-electron chi connectivity index (χ4n) is 4.03. The molecule has 0 saturated heterocycles. The van der Waals surface area contributed by atoms with Crippen LogP contribution in [0.3, 0.4) is 0 Å². The van der Waals surface area contributed by atoms with Crippen molar-refractivity contribution < 1.29 is 26.8 Å². The Labute approximate surface area is 229 Å². The number of hydrogen-bond donors (Lipinski definition) is 1. The van der Waals surface area contributed by atoms with Crippen LogP contribution in [0.25, 0.3) is 0 Å². The molecule has 7 nitrogen and oxygen atoms in total. The standard InChI is InChI=1S/C26H32Cl2NO6PS/c1-3-5-9-17-34-36(31,35-18-10-6-4-2)26(29-37(32,33)21-15-13-20(27)14-16-21)19-24(28)25(30)22-11-7-8-12-23(22)26/h7-8,11-16,19,29H,3-6,9-10,17-18H2,1-2H3. The summed E-state index contributed by atoms with van der Waals surface area (Å²) >= 11 is 12.3. The lowest BCUT2D eigenvalue weighted by atomic mass is 9.92. The van der Waals surface area contributed by atoms with Gasteiger partial charge in [0.1, 0.15) is 0 Å². The number of halogens is 2. The minimum atomic E-state index is -4.36. The third-order valence-corrected chi connectivity index (χ3v) is 10.6. The van der Waals surface area contributed by atoms with E-state index in [0.717, 1.165) is 31.8 Å². The van der Waals surface area contributed by atoms with E-state index >= 15 is 0 Å². The summed E-state index contributed by atoms with van der Waals surface area (Å²) in [7, 11) is -8.69. The number of unbranched alkanes of at least 4 members (excludes halogenated alkanes) is 4. The smallest absolute Gasteiger partial charge is 0.307 e. The van der Waals surface area contributed by atoms with Crippen molar-refractivity contribution in [2.45, 2.75) is 62.5 Å². The molecule has 0 amide bonds. The van der Waals surface area contributed by atoms with Gasteiger partial charge in [-0.15, -0.1) is 0 Å². The molecule has 0 fully saturated rings. The number of ketones is 1. The van der Waals surface area contributed by atoms with Crippen molar-refractivity contribution >= 4 is 46.6 Å².